The first-order valence-electron chi connectivity index (χ1n) is 9.48. The Morgan fingerprint density at radius 2 is 2.21 bits per heavy atom. The van der Waals surface area contributed by atoms with Crippen LogP contribution in [0.2, 0.25) is 0 Å². The number of ketones is 1. The first kappa shape index (κ1) is 18.3. The number of hydrogen-bond donors (Lipinski definition) is 1. The van der Waals surface area contributed by atoms with Crippen LogP contribution in [-0.4, -0.2) is 45.3 Å². The van der Waals surface area contributed by atoms with Gasteiger partial charge in [-0.3, -0.25) is 14.7 Å². The lowest BCUT2D eigenvalue weighted by atomic mass is 9.87. The van der Waals surface area contributed by atoms with Crippen LogP contribution in [0.1, 0.15) is 24.3 Å². The quantitative estimate of drug-likeness (QED) is 0.691. The van der Waals surface area contributed by atoms with Crippen LogP contribution in [-0.2, 0) is 4.79 Å². The van der Waals surface area contributed by atoms with E-state index in [-0.39, 0.29) is 17.6 Å². The van der Waals surface area contributed by atoms with Gasteiger partial charge in [-0.05, 0) is 60.7 Å². The second kappa shape index (κ2) is 7.86. The Morgan fingerprint density at radius 3 is 3.00 bits per heavy atom. The largest absolute Gasteiger partial charge is 0.368 e. The van der Waals surface area contributed by atoms with Crippen molar-refractivity contribution in [3.05, 3.63) is 61.1 Å². The summed E-state index contributed by atoms with van der Waals surface area (Å²) in [6.45, 7) is 5.74. The summed E-state index contributed by atoms with van der Waals surface area (Å²) in [4.78, 5) is 27.0. The molecule has 0 radical (unpaired) electrons. The number of nitrogens with two attached hydrogens (primary N) is 1. The number of aromatic nitrogens is 3. The zero-order valence-electron chi connectivity index (χ0n) is 15.7. The third-order valence-electron chi connectivity index (χ3n) is 5.28. The van der Waals surface area contributed by atoms with Crippen molar-refractivity contribution in [3.63, 3.8) is 0 Å². The van der Waals surface area contributed by atoms with Crippen LogP contribution >= 0.6 is 0 Å². The van der Waals surface area contributed by atoms with Crippen molar-refractivity contribution in [2.24, 2.45) is 0 Å². The average molecular weight is 373 g/mol. The number of pyridine rings is 1. The predicted molar refractivity (Wildman–Crippen MR) is 111 cm³/mol. The van der Waals surface area contributed by atoms with Crippen molar-refractivity contribution in [3.8, 4) is 11.1 Å². The van der Waals surface area contributed by atoms with Gasteiger partial charge in [0.1, 0.15) is 0 Å². The minimum atomic E-state index is 0.0567. The summed E-state index contributed by atoms with van der Waals surface area (Å²) in [5.41, 5.74) is 10.1. The number of carbonyl (C=O) groups excluding carboxylic acids is 1. The molecular formula is C22H23N5O. The van der Waals surface area contributed by atoms with Gasteiger partial charge in [-0.1, -0.05) is 12.6 Å². The van der Waals surface area contributed by atoms with E-state index in [1.807, 2.05) is 18.3 Å². The maximum Gasteiger partial charge on any atom is 0.220 e. The Kier molecular flexibility index (Phi) is 5.12. The molecule has 2 aromatic heterocycles. The average Bonchev–Trinajstić information content (AvgIpc) is 2.73. The SMILES string of the molecule is C=CC(=O)CN1CCCC(c2cc(-c3cccnc3)cc3cnc(N)nc23)C1. The summed E-state index contributed by atoms with van der Waals surface area (Å²) in [6.07, 6.45) is 8.89. The summed E-state index contributed by atoms with van der Waals surface area (Å²) in [5.74, 6) is 0.610. The molecule has 6 heteroatoms. The molecule has 1 aliphatic heterocycles. The molecule has 1 saturated heterocycles. The standard InChI is InChI=1S/C22H23N5O/c1-2-19(28)14-27-8-4-6-16(13-27)20-10-17(15-5-3-7-24-11-15)9-18-12-25-22(23)26-21(18)20/h2-3,5,7,9-12,16H,1,4,6,8,13-14H2,(H2,23,25,26). The van der Waals surface area contributed by atoms with Crippen LogP contribution in [0.25, 0.3) is 22.0 Å². The van der Waals surface area contributed by atoms with Gasteiger partial charge in [-0.2, -0.15) is 0 Å². The normalized spacial score (nSPS) is 17.5. The van der Waals surface area contributed by atoms with E-state index in [4.69, 9.17) is 5.73 Å². The number of anilines is 1. The molecule has 1 atom stereocenters. The maximum atomic E-state index is 11.8. The third-order valence-corrected chi connectivity index (χ3v) is 5.28. The van der Waals surface area contributed by atoms with Gasteiger partial charge in [0.2, 0.25) is 5.95 Å². The molecule has 1 aromatic carbocycles. The Labute approximate surface area is 164 Å². The molecule has 2 N–H and O–H groups in total. The zero-order valence-corrected chi connectivity index (χ0v) is 15.7. The molecule has 1 unspecified atom stereocenters. The van der Waals surface area contributed by atoms with Crippen LogP contribution < -0.4 is 5.73 Å². The van der Waals surface area contributed by atoms with Crippen LogP contribution in [0.4, 0.5) is 5.95 Å². The Balaban J connectivity index is 1.77. The molecule has 0 amide bonds. The molecular weight excluding hydrogens is 350 g/mol. The minimum Gasteiger partial charge on any atom is -0.368 e. The molecule has 1 aliphatic rings. The lowest BCUT2D eigenvalue weighted by Gasteiger charge is -2.32. The van der Waals surface area contributed by atoms with E-state index in [9.17, 15) is 4.79 Å². The van der Waals surface area contributed by atoms with Crippen LogP contribution in [0, 0.1) is 0 Å². The van der Waals surface area contributed by atoms with Gasteiger partial charge in [-0.15, -0.1) is 0 Å². The summed E-state index contributed by atoms with van der Waals surface area (Å²) in [6, 6.07) is 8.25. The van der Waals surface area contributed by atoms with Gasteiger partial charge in [0.25, 0.3) is 0 Å². The summed E-state index contributed by atoms with van der Waals surface area (Å²) >= 11 is 0. The molecule has 0 aliphatic carbocycles. The molecule has 0 spiro atoms. The van der Waals surface area contributed by atoms with Crippen LogP contribution in [0.3, 0.4) is 0 Å². The highest BCUT2D eigenvalue weighted by molar-refractivity contribution is 5.91. The Hall–Kier alpha value is -3.12. The first-order valence-corrected chi connectivity index (χ1v) is 9.48. The second-order valence-electron chi connectivity index (χ2n) is 7.22. The Morgan fingerprint density at radius 1 is 1.32 bits per heavy atom. The van der Waals surface area contributed by atoms with Crippen LogP contribution in [0.5, 0.6) is 0 Å². The smallest absolute Gasteiger partial charge is 0.220 e. The molecule has 28 heavy (non-hydrogen) atoms. The molecule has 3 heterocycles. The third kappa shape index (κ3) is 3.77. The molecule has 4 rings (SSSR count). The number of nitrogen functional groups attached to an aromatic ring is 1. The van der Waals surface area contributed by atoms with Crippen molar-refractivity contribution in [1.82, 2.24) is 19.9 Å². The van der Waals surface area contributed by atoms with Gasteiger partial charge in [0.05, 0.1) is 12.1 Å². The fourth-order valence-corrected chi connectivity index (χ4v) is 3.94. The van der Waals surface area contributed by atoms with Gasteiger partial charge in [0, 0.05) is 36.1 Å². The number of rotatable bonds is 5. The van der Waals surface area contributed by atoms with E-state index in [2.05, 4.69) is 38.6 Å². The van der Waals surface area contributed by atoms with Crippen molar-refractivity contribution < 1.29 is 4.79 Å². The fraction of sp³-hybridized carbons (Fsp3) is 0.273. The van der Waals surface area contributed by atoms with Crippen molar-refractivity contribution in [2.75, 3.05) is 25.4 Å². The highest BCUT2D eigenvalue weighted by Gasteiger charge is 2.25. The monoisotopic (exact) mass is 373 g/mol. The highest BCUT2D eigenvalue weighted by atomic mass is 16.1. The lowest BCUT2D eigenvalue weighted by molar-refractivity contribution is -0.115. The first-order chi connectivity index (χ1) is 13.6. The van der Waals surface area contributed by atoms with E-state index in [0.29, 0.717) is 6.54 Å². The maximum absolute atomic E-state index is 11.8. The van der Waals surface area contributed by atoms with E-state index < -0.39 is 0 Å². The number of likely N-dealkylation sites (tertiary alicyclic amines) is 1. The van der Waals surface area contributed by atoms with Gasteiger partial charge >= 0.3 is 0 Å². The number of hydrogen-bond acceptors (Lipinski definition) is 6. The number of piperidine rings is 1. The number of nitrogens with zero attached hydrogens (tertiary/aromatic N) is 4. The topological polar surface area (TPSA) is 85.0 Å². The summed E-state index contributed by atoms with van der Waals surface area (Å²) < 4.78 is 0. The van der Waals surface area contributed by atoms with E-state index in [1.54, 1.807) is 12.4 Å². The molecule has 0 saturated carbocycles. The van der Waals surface area contributed by atoms with Gasteiger partial charge in [0.15, 0.2) is 5.78 Å². The molecule has 3 aromatic rings. The van der Waals surface area contributed by atoms with E-state index in [1.165, 1.54) is 6.08 Å². The van der Waals surface area contributed by atoms with E-state index >= 15 is 0 Å². The van der Waals surface area contributed by atoms with Crippen LogP contribution in [0.15, 0.2) is 55.5 Å². The number of carbonyl (C=O) groups is 1. The van der Waals surface area contributed by atoms with Crippen molar-refractivity contribution in [2.45, 2.75) is 18.8 Å². The van der Waals surface area contributed by atoms with Gasteiger partial charge < -0.3 is 5.73 Å². The number of benzene rings is 1. The molecule has 1 fully saturated rings. The molecule has 6 nitrogen and oxygen atoms in total. The van der Waals surface area contributed by atoms with Gasteiger partial charge in [-0.25, -0.2) is 9.97 Å². The predicted octanol–water partition coefficient (Wildman–Crippen LogP) is 3.21. The summed E-state index contributed by atoms with van der Waals surface area (Å²) in [7, 11) is 0. The zero-order chi connectivity index (χ0) is 19.5. The van der Waals surface area contributed by atoms with Crippen molar-refractivity contribution in [1.29, 1.82) is 0 Å². The van der Waals surface area contributed by atoms with Crippen molar-refractivity contribution >= 4 is 22.6 Å². The number of fused-ring (bicyclic) bond motifs is 1. The Bertz CT molecular complexity index is 1020. The highest BCUT2D eigenvalue weighted by Crippen LogP contribution is 2.35. The lowest BCUT2D eigenvalue weighted by Crippen LogP contribution is -2.37. The molecule has 0 bridgehead atoms. The second-order valence-corrected chi connectivity index (χ2v) is 7.22. The summed E-state index contributed by atoms with van der Waals surface area (Å²) in [5, 5.41) is 0.963. The van der Waals surface area contributed by atoms with E-state index in [0.717, 1.165) is 53.5 Å². The minimum absolute atomic E-state index is 0.0567. The fourth-order valence-electron chi connectivity index (χ4n) is 3.94. The molecule has 142 valence electrons.